The molecule has 4 aromatic rings. The van der Waals surface area contributed by atoms with Crippen LogP contribution in [0, 0.1) is 0 Å². The Morgan fingerprint density at radius 3 is 2.63 bits per heavy atom. The van der Waals surface area contributed by atoms with Gasteiger partial charge in [-0.05, 0) is 53.6 Å². The number of oxazole rings is 1. The second kappa shape index (κ2) is 6.59. The van der Waals surface area contributed by atoms with E-state index >= 15 is 0 Å². The van der Waals surface area contributed by atoms with Gasteiger partial charge in [-0.3, -0.25) is 9.69 Å². The SMILES string of the molecule is COc1ccc2cc([C@@]3(C)NC(=O)N(Cc4nc5ccccc5o4)C3=O)ccc2c1. The number of ether oxygens (including phenoxy) is 1. The Morgan fingerprint density at radius 1 is 1.07 bits per heavy atom. The smallest absolute Gasteiger partial charge is 0.325 e. The molecule has 1 aliphatic heterocycles. The molecule has 3 aromatic carbocycles. The van der Waals surface area contributed by atoms with Crippen molar-refractivity contribution in [1.29, 1.82) is 0 Å². The van der Waals surface area contributed by atoms with E-state index in [1.165, 1.54) is 0 Å². The minimum Gasteiger partial charge on any atom is -0.497 e. The van der Waals surface area contributed by atoms with Crippen LogP contribution in [0.2, 0.25) is 0 Å². The van der Waals surface area contributed by atoms with E-state index in [1.807, 2.05) is 54.6 Å². The average molecular weight is 401 g/mol. The fraction of sp³-hybridized carbons (Fsp3) is 0.174. The summed E-state index contributed by atoms with van der Waals surface area (Å²) < 4.78 is 10.9. The van der Waals surface area contributed by atoms with E-state index in [1.54, 1.807) is 20.1 Å². The van der Waals surface area contributed by atoms with Gasteiger partial charge in [0.05, 0.1) is 7.11 Å². The van der Waals surface area contributed by atoms with Gasteiger partial charge < -0.3 is 14.5 Å². The molecule has 7 heteroatoms. The number of fused-ring (bicyclic) bond motifs is 2. The van der Waals surface area contributed by atoms with Gasteiger partial charge in [-0.25, -0.2) is 9.78 Å². The van der Waals surface area contributed by atoms with Crippen molar-refractivity contribution in [3.8, 4) is 5.75 Å². The maximum Gasteiger partial charge on any atom is 0.325 e. The van der Waals surface area contributed by atoms with Crippen molar-refractivity contribution in [2.45, 2.75) is 19.0 Å². The van der Waals surface area contributed by atoms with E-state index in [4.69, 9.17) is 9.15 Å². The van der Waals surface area contributed by atoms with Crippen LogP contribution in [0.15, 0.2) is 65.1 Å². The standard InChI is InChI=1S/C23H19N3O4/c1-23(16-9-7-15-12-17(29-2)10-8-14(15)11-16)21(27)26(22(28)25-23)13-20-24-18-5-3-4-6-19(18)30-20/h3-12H,13H2,1-2H3,(H,25,28)/t23-/m1/s1. The molecule has 2 heterocycles. The first-order chi connectivity index (χ1) is 14.5. The highest BCUT2D eigenvalue weighted by atomic mass is 16.5. The van der Waals surface area contributed by atoms with Crippen LogP contribution in [-0.4, -0.2) is 28.9 Å². The quantitative estimate of drug-likeness (QED) is 0.523. The molecule has 1 atom stereocenters. The molecule has 0 saturated carbocycles. The summed E-state index contributed by atoms with van der Waals surface area (Å²) in [6.45, 7) is 1.68. The normalized spacial score (nSPS) is 18.9. The number of methoxy groups -OCH3 is 1. The number of hydrogen-bond acceptors (Lipinski definition) is 5. The summed E-state index contributed by atoms with van der Waals surface area (Å²) in [5, 5.41) is 4.77. The lowest BCUT2D eigenvalue weighted by molar-refractivity contribution is -0.131. The Balaban J connectivity index is 1.46. The Labute approximate surface area is 172 Å². The lowest BCUT2D eigenvalue weighted by atomic mass is 9.90. The van der Waals surface area contributed by atoms with Crippen LogP contribution < -0.4 is 10.1 Å². The summed E-state index contributed by atoms with van der Waals surface area (Å²) in [6.07, 6.45) is 0. The number of aromatic nitrogens is 1. The van der Waals surface area contributed by atoms with E-state index in [0.717, 1.165) is 21.4 Å². The molecule has 1 aromatic heterocycles. The third kappa shape index (κ3) is 2.78. The van der Waals surface area contributed by atoms with Gasteiger partial charge in [0.15, 0.2) is 5.58 Å². The maximum absolute atomic E-state index is 13.2. The molecule has 3 amide bonds. The highest BCUT2D eigenvalue weighted by molar-refractivity contribution is 6.07. The summed E-state index contributed by atoms with van der Waals surface area (Å²) in [7, 11) is 1.62. The Bertz CT molecular complexity index is 1280. The predicted octanol–water partition coefficient (Wildman–Crippen LogP) is 3.96. The molecule has 30 heavy (non-hydrogen) atoms. The lowest BCUT2D eigenvalue weighted by Gasteiger charge is -2.22. The molecule has 5 rings (SSSR count). The summed E-state index contributed by atoms with van der Waals surface area (Å²) >= 11 is 0. The molecular weight excluding hydrogens is 382 g/mol. The summed E-state index contributed by atoms with van der Waals surface area (Å²) in [4.78, 5) is 31.4. The Kier molecular flexibility index (Phi) is 3.99. The molecular formula is C23H19N3O4. The van der Waals surface area contributed by atoms with Gasteiger partial charge in [0, 0.05) is 0 Å². The molecule has 150 valence electrons. The Hall–Kier alpha value is -3.87. The number of rotatable bonds is 4. The highest BCUT2D eigenvalue weighted by Crippen LogP contribution is 2.32. The fourth-order valence-corrected chi connectivity index (χ4v) is 3.82. The van der Waals surface area contributed by atoms with Gasteiger partial charge in [-0.1, -0.05) is 30.3 Å². The van der Waals surface area contributed by atoms with Gasteiger partial charge in [-0.15, -0.1) is 0 Å². The van der Waals surface area contributed by atoms with Gasteiger partial charge in [0.2, 0.25) is 5.89 Å². The van der Waals surface area contributed by atoms with Crippen molar-refractivity contribution < 1.29 is 18.7 Å². The van der Waals surface area contributed by atoms with E-state index in [2.05, 4.69) is 10.3 Å². The number of amides is 3. The summed E-state index contributed by atoms with van der Waals surface area (Å²) in [5.41, 5.74) is 0.843. The molecule has 1 fully saturated rings. The van der Waals surface area contributed by atoms with Crippen LogP contribution in [0.3, 0.4) is 0 Å². The zero-order chi connectivity index (χ0) is 20.9. The van der Waals surface area contributed by atoms with Crippen molar-refractivity contribution in [1.82, 2.24) is 15.2 Å². The van der Waals surface area contributed by atoms with Crippen LogP contribution in [0.25, 0.3) is 21.9 Å². The number of para-hydroxylation sites is 2. The first-order valence-electron chi connectivity index (χ1n) is 9.55. The van der Waals surface area contributed by atoms with Crippen LogP contribution in [-0.2, 0) is 16.9 Å². The minimum atomic E-state index is -1.17. The molecule has 0 bridgehead atoms. The van der Waals surface area contributed by atoms with Gasteiger partial charge >= 0.3 is 6.03 Å². The lowest BCUT2D eigenvalue weighted by Crippen LogP contribution is -2.40. The van der Waals surface area contributed by atoms with Crippen LogP contribution in [0.1, 0.15) is 18.4 Å². The number of urea groups is 1. The van der Waals surface area contributed by atoms with Crippen molar-refractivity contribution >= 4 is 33.8 Å². The van der Waals surface area contributed by atoms with Crippen molar-refractivity contribution in [3.05, 3.63) is 72.1 Å². The fourth-order valence-electron chi connectivity index (χ4n) is 3.82. The number of benzene rings is 3. The van der Waals surface area contributed by atoms with E-state index in [-0.39, 0.29) is 12.5 Å². The van der Waals surface area contributed by atoms with E-state index in [0.29, 0.717) is 22.6 Å². The number of carbonyl (C=O) groups is 2. The highest BCUT2D eigenvalue weighted by Gasteiger charge is 2.49. The number of imide groups is 1. The molecule has 0 unspecified atom stereocenters. The van der Waals surface area contributed by atoms with Crippen molar-refractivity contribution in [3.63, 3.8) is 0 Å². The maximum atomic E-state index is 13.2. The van der Waals surface area contributed by atoms with Crippen molar-refractivity contribution in [2.75, 3.05) is 7.11 Å². The molecule has 0 radical (unpaired) electrons. The second-order valence-corrected chi connectivity index (χ2v) is 7.45. The molecule has 0 spiro atoms. The van der Waals surface area contributed by atoms with Crippen LogP contribution >= 0.6 is 0 Å². The monoisotopic (exact) mass is 401 g/mol. The second-order valence-electron chi connectivity index (χ2n) is 7.45. The molecule has 1 saturated heterocycles. The van der Waals surface area contributed by atoms with Gasteiger partial charge in [0.25, 0.3) is 5.91 Å². The first-order valence-corrected chi connectivity index (χ1v) is 9.55. The summed E-state index contributed by atoms with van der Waals surface area (Å²) in [6, 6.07) is 18.2. The van der Waals surface area contributed by atoms with Gasteiger partial charge in [0.1, 0.15) is 23.3 Å². The number of carbonyl (C=O) groups excluding carboxylic acids is 2. The zero-order valence-corrected chi connectivity index (χ0v) is 16.5. The molecule has 7 nitrogen and oxygen atoms in total. The predicted molar refractivity (Wildman–Crippen MR) is 111 cm³/mol. The van der Waals surface area contributed by atoms with Gasteiger partial charge in [-0.2, -0.15) is 0 Å². The van der Waals surface area contributed by atoms with Crippen LogP contribution in [0.5, 0.6) is 5.75 Å². The largest absolute Gasteiger partial charge is 0.497 e. The van der Waals surface area contributed by atoms with Crippen molar-refractivity contribution in [2.24, 2.45) is 0 Å². The third-order valence-electron chi connectivity index (χ3n) is 5.53. The topological polar surface area (TPSA) is 84.7 Å². The molecule has 1 aliphatic rings. The number of nitrogens with zero attached hydrogens (tertiary/aromatic N) is 2. The third-order valence-corrected chi connectivity index (χ3v) is 5.53. The van der Waals surface area contributed by atoms with Crippen LogP contribution in [0.4, 0.5) is 4.79 Å². The number of hydrogen-bond donors (Lipinski definition) is 1. The zero-order valence-electron chi connectivity index (χ0n) is 16.5. The Morgan fingerprint density at radius 2 is 1.83 bits per heavy atom. The molecule has 1 N–H and O–H groups in total. The first kappa shape index (κ1) is 18.2. The van der Waals surface area contributed by atoms with E-state index in [9.17, 15) is 9.59 Å². The summed E-state index contributed by atoms with van der Waals surface area (Å²) in [5.74, 6) is 0.730. The number of nitrogens with one attached hydrogen (secondary N) is 1. The van der Waals surface area contributed by atoms with E-state index < -0.39 is 11.6 Å². The average Bonchev–Trinajstić information content (AvgIpc) is 3.27. The minimum absolute atomic E-state index is 0.0281. The molecule has 0 aliphatic carbocycles.